The van der Waals surface area contributed by atoms with Crippen LogP contribution in [0.1, 0.15) is 5.56 Å². The van der Waals surface area contributed by atoms with Crippen LogP contribution in [0.4, 0.5) is 11.4 Å². The second-order valence-electron chi connectivity index (χ2n) is 6.23. The second kappa shape index (κ2) is 8.97. The van der Waals surface area contributed by atoms with Crippen molar-refractivity contribution in [2.75, 3.05) is 26.6 Å². The van der Waals surface area contributed by atoms with E-state index in [1.165, 1.54) is 20.3 Å². The molecule has 0 aliphatic carbocycles. The molecule has 0 aliphatic rings. The quantitative estimate of drug-likeness (QED) is 0.432. The monoisotopic (exact) mass is 394 g/mol. The lowest BCUT2D eigenvalue weighted by Gasteiger charge is -2.15. The van der Waals surface area contributed by atoms with Gasteiger partial charge in [-0.3, -0.25) is 10.1 Å². The van der Waals surface area contributed by atoms with Crippen molar-refractivity contribution in [1.29, 1.82) is 0 Å². The number of anilines is 1. The summed E-state index contributed by atoms with van der Waals surface area (Å²) in [6, 6.07) is 18.7. The van der Waals surface area contributed by atoms with Crippen LogP contribution in [-0.4, -0.2) is 26.3 Å². The first-order valence-corrected chi connectivity index (χ1v) is 8.94. The van der Waals surface area contributed by atoms with Crippen molar-refractivity contribution in [3.8, 4) is 28.4 Å². The number of nitrogens with zero attached hydrogens (tertiary/aromatic N) is 1. The summed E-state index contributed by atoms with van der Waals surface area (Å²) in [5.74, 6) is 1.39. The van der Waals surface area contributed by atoms with E-state index in [9.17, 15) is 10.1 Å². The summed E-state index contributed by atoms with van der Waals surface area (Å²) in [5, 5.41) is 14.8. The van der Waals surface area contributed by atoms with Gasteiger partial charge in [0.25, 0.3) is 5.69 Å². The Labute approximate surface area is 169 Å². The Morgan fingerprint density at radius 2 is 1.48 bits per heavy atom. The molecule has 0 amide bonds. The molecule has 0 saturated carbocycles. The Bertz CT molecular complexity index is 1010. The zero-order valence-electron chi connectivity index (χ0n) is 16.5. The molecule has 3 aromatic carbocycles. The Balaban J connectivity index is 1.94. The Morgan fingerprint density at radius 1 is 0.828 bits per heavy atom. The first-order valence-electron chi connectivity index (χ1n) is 8.94. The largest absolute Gasteiger partial charge is 0.495 e. The van der Waals surface area contributed by atoms with Crippen molar-refractivity contribution in [2.24, 2.45) is 0 Å². The van der Waals surface area contributed by atoms with Crippen LogP contribution in [0, 0.1) is 10.1 Å². The SMILES string of the molecule is COc1ccc(-c2ccccc2)cc1NCc1cc(OC)c(OC)cc1[N+](=O)[O-]. The summed E-state index contributed by atoms with van der Waals surface area (Å²) in [5.41, 5.74) is 3.23. The van der Waals surface area contributed by atoms with Crippen LogP contribution in [0.2, 0.25) is 0 Å². The normalized spacial score (nSPS) is 10.3. The Kier molecular flexibility index (Phi) is 6.19. The van der Waals surface area contributed by atoms with Crippen LogP contribution in [0.25, 0.3) is 11.1 Å². The third kappa shape index (κ3) is 4.40. The lowest BCUT2D eigenvalue weighted by atomic mass is 10.0. The molecule has 0 bridgehead atoms. The van der Waals surface area contributed by atoms with E-state index in [1.54, 1.807) is 13.2 Å². The van der Waals surface area contributed by atoms with E-state index >= 15 is 0 Å². The van der Waals surface area contributed by atoms with Gasteiger partial charge in [-0.05, 0) is 29.3 Å². The zero-order chi connectivity index (χ0) is 20.8. The molecule has 0 aliphatic heterocycles. The van der Waals surface area contributed by atoms with Gasteiger partial charge in [0.05, 0.1) is 43.6 Å². The van der Waals surface area contributed by atoms with Crippen molar-refractivity contribution in [1.82, 2.24) is 0 Å². The second-order valence-corrected chi connectivity index (χ2v) is 6.23. The van der Waals surface area contributed by atoms with E-state index in [-0.39, 0.29) is 12.2 Å². The maximum Gasteiger partial charge on any atom is 0.278 e. The van der Waals surface area contributed by atoms with Crippen LogP contribution in [0.15, 0.2) is 60.7 Å². The maximum absolute atomic E-state index is 11.5. The van der Waals surface area contributed by atoms with Crippen LogP contribution in [0.5, 0.6) is 17.2 Å². The fourth-order valence-electron chi connectivity index (χ4n) is 3.07. The van der Waals surface area contributed by atoms with E-state index < -0.39 is 4.92 Å². The van der Waals surface area contributed by atoms with E-state index in [4.69, 9.17) is 14.2 Å². The van der Waals surface area contributed by atoms with Gasteiger partial charge in [-0.25, -0.2) is 0 Å². The number of rotatable bonds is 8. The first kappa shape index (κ1) is 20.0. The predicted molar refractivity (Wildman–Crippen MR) is 112 cm³/mol. The van der Waals surface area contributed by atoms with Gasteiger partial charge in [-0.2, -0.15) is 0 Å². The average Bonchev–Trinajstić information content (AvgIpc) is 2.77. The predicted octanol–water partition coefficient (Wildman–Crippen LogP) is 4.90. The smallest absolute Gasteiger partial charge is 0.278 e. The van der Waals surface area contributed by atoms with Crippen molar-refractivity contribution in [2.45, 2.75) is 6.54 Å². The summed E-state index contributed by atoms with van der Waals surface area (Å²) in [7, 11) is 4.52. The lowest BCUT2D eigenvalue weighted by Crippen LogP contribution is -2.06. The molecule has 3 aromatic rings. The van der Waals surface area contributed by atoms with Crippen molar-refractivity contribution >= 4 is 11.4 Å². The summed E-state index contributed by atoms with van der Waals surface area (Å²) < 4.78 is 15.9. The van der Waals surface area contributed by atoms with Crippen molar-refractivity contribution < 1.29 is 19.1 Å². The number of methoxy groups -OCH3 is 3. The number of benzene rings is 3. The first-order chi connectivity index (χ1) is 14.1. The summed E-state index contributed by atoms with van der Waals surface area (Å²) in [6.45, 7) is 0.214. The number of hydrogen-bond donors (Lipinski definition) is 1. The molecular formula is C22H22N2O5. The van der Waals surface area contributed by atoms with Gasteiger partial charge in [0.2, 0.25) is 0 Å². The minimum Gasteiger partial charge on any atom is -0.495 e. The minimum absolute atomic E-state index is 0.0478. The maximum atomic E-state index is 11.5. The molecule has 0 atom stereocenters. The van der Waals surface area contributed by atoms with Gasteiger partial charge in [0.1, 0.15) is 5.75 Å². The van der Waals surface area contributed by atoms with Crippen LogP contribution < -0.4 is 19.5 Å². The molecule has 0 saturated heterocycles. The van der Waals surface area contributed by atoms with Gasteiger partial charge in [0, 0.05) is 6.54 Å². The molecule has 7 heteroatoms. The van der Waals surface area contributed by atoms with Gasteiger partial charge in [-0.15, -0.1) is 0 Å². The van der Waals surface area contributed by atoms with E-state index in [0.29, 0.717) is 22.8 Å². The molecule has 0 heterocycles. The Hall–Kier alpha value is -3.74. The number of nitro groups is 1. The molecule has 0 fully saturated rings. The molecule has 0 aromatic heterocycles. The van der Waals surface area contributed by atoms with Gasteiger partial charge in [0.15, 0.2) is 11.5 Å². The molecule has 0 spiro atoms. The van der Waals surface area contributed by atoms with Crippen LogP contribution >= 0.6 is 0 Å². The fraction of sp³-hybridized carbons (Fsp3) is 0.182. The van der Waals surface area contributed by atoms with Gasteiger partial charge < -0.3 is 19.5 Å². The average molecular weight is 394 g/mol. The number of nitrogens with one attached hydrogen (secondary N) is 1. The van der Waals surface area contributed by atoms with Gasteiger partial charge in [-0.1, -0.05) is 36.4 Å². The number of hydrogen-bond acceptors (Lipinski definition) is 6. The van der Waals surface area contributed by atoms with E-state index in [2.05, 4.69) is 5.32 Å². The minimum atomic E-state index is -0.434. The third-order valence-electron chi connectivity index (χ3n) is 4.56. The molecule has 3 rings (SSSR count). The Morgan fingerprint density at radius 3 is 2.10 bits per heavy atom. The summed E-state index contributed by atoms with van der Waals surface area (Å²) >= 11 is 0. The number of nitro benzene ring substituents is 1. The van der Waals surface area contributed by atoms with Crippen LogP contribution in [-0.2, 0) is 6.54 Å². The topological polar surface area (TPSA) is 82.9 Å². The number of ether oxygens (including phenoxy) is 3. The fourth-order valence-corrected chi connectivity index (χ4v) is 3.07. The third-order valence-corrected chi connectivity index (χ3v) is 4.56. The summed E-state index contributed by atoms with van der Waals surface area (Å²) in [6.07, 6.45) is 0. The highest BCUT2D eigenvalue weighted by atomic mass is 16.6. The molecule has 1 N–H and O–H groups in total. The lowest BCUT2D eigenvalue weighted by molar-refractivity contribution is -0.385. The highest BCUT2D eigenvalue weighted by Gasteiger charge is 2.19. The summed E-state index contributed by atoms with van der Waals surface area (Å²) in [4.78, 5) is 11.1. The molecule has 29 heavy (non-hydrogen) atoms. The molecule has 0 unspecified atom stereocenters. The van der Waals surface area contributed by atoms with E-state index in [1.807, 2.05) is 48.5 Å². The highest BCUT2D eigenvalue weighted by molar-refractivity contribution is 5.72. The zero-order valence-corrected chi connectivity index (χ0v) is 16.5. The highest BCUT2D eigenvalue weighted by Crippen LogP contribution is 2.36. The van der Waals surface area contributed by atoms with E-state index in [0.717, 1.165) is 16.8 Å². The van der Waals surface area contributed by atoms with Gasteiger partial charge >= 0.3 is 0 Å². The van der Waals surface area contributed by atoms with Crippen molar-refractivity contribution in [3.05, 3.63) is 76.3 Å². The molecular weight excluding hydrogens is 372 g/mol. The van der Waals surface area contributed by atoms with Crippen LogP contribution in [0.3, 0.4) is 0 Å². The molecule has 7 nitrogen and oxygen atoms in total. The standard InChI is InChI=1S/C22H22N2O5/c1-27-20-10-9-16(15-7-5-4-6-8-15)11-18(20)23-14-17-12-21(28-2)22(29-3)13-19(17)24(25)26/h4-13,23H,14H2,1-3H3. The van der Waals surface area contributed by atoms with Crippen molar-refractivity contribution in [3.63, 3.8) is 0 Å². The molecule has 150 valence electrons. The molecule has 0 radical (unpaired) electrons.